The van der Waals surface area contributed by atoms with Crippen LogP contribution in [0, 0.1) is 0 Å². The standard InChI is InChI=1S/C9H6BrNO2.C4H7BrO2/c10-6-2-1-3-7-5(6)4-8(11-7)9(12)13;1-2-7-4(6)3-5/h1-4,11H,(H,12,13);2-3H2,1H3. The lowest BCUT2D eigenvalue weighted by Gasteiger charge is -1.92. The average Bonchev–Trinajstić information content (AvgIpc) is 2.85. The van der Waals surface area contributed by atoms with Gasteiger partial charge in [-0.25, -0.2) is 4.79 Å². The fraction of sp³-hybridized carbons (Fsp3) is 0.231. The summed E-state index contributed by atoms with van der Waals surface area (Å²) in [4.78, 5) is 23.6. The molecular weight excluding hydrogens is 394 g/mol. The zero-order valence-electron chi connectivity index (χ0n) is 10.7. The first-order chi connectivity index (χ1) is 9.49. The summed E-state index contributed by atoms with van der Waals surface area (Å²) in [6.45, 7) is 2.24. The van der Waals surface area contributed by atoms with Crippen molar-refractivity contribution >= 4 is 54.7 Å². The van der Waals surface area contributed by atoms with Gasteiger partial charge in [-0.2, -0.15) is 0 Å². The van der Waals surface area contributed by atoms with Gasteiger partial charge in [0.1, 0.15) is 11.0 Å². The molecule has 1 heterocycles. The Morgan fingerprint density at radius 2 is 2.10 bits per heavy atom. The topological polar surface area (TPSA) is 79.4 Å². The van der Waals surface area contributed by atoms with Gasteiger partial charge in [-0.3, -0.25) is 4.79 Å². The molecule has 0 bridgehead atoms. The van der Waals surface area contributed by atoms with Crippen LogP contribution in [0.2, 0.25) is 0 Å². The molecule has 0 unspecified atom stereocenters. The minimum atomic E-state index is -0.942. The summed E-state index contributed by atoms with van der Waals surface area (Å²) < 4.78 is 5.40. The number of aromatic amines is 1. The van der Waals surface area contributed by atoms with Crippen molar-refractivity contribution in [2.45, 2.75) is 6.92 Å². The first-order valence-electron chi connectivity index (χ1n) is 5.71. The van der Waals surface area contributed by atoms with E-state index in [9.17, 15) is 9.59 Å². The number of carbonyl (C=O) groups excluding carboxylic acids is 1. The lowest BCUT2D eigenvalue weighted by atomic mass is 10.2. The van der Waals surface area contributed by atoms with Gasteiger partial charge in [-0.15, -0.1) is 0 Å². The molecule has 5 nitrogen and oxygen atoms in total. The third-order valence-electron chi connectivity index (χ3n) is 2.26. The second-order valence-corrected chi connectivity index (χ2v) is 5.04. The van der Waals surface area contributed by atoms with Crippen molar-refractivity contribution in [1.82, 2.24) is 4.98 Å². The van der Waals surface area contributed by atoms with Crippen molar-refractivity contribution in [2.24, 2.45) is 0 Å². The molecule has 7 heteroatoms. The fourth-order valence-electron chi connectivity index (χ4n) is 1.43. The van der Waals surface area contributed by atoms with Gasteiger partial charge in [0.15, 0.2) is 0 Å². The molecule has 0 aliphatic heterocycles. The van der Waals surface area contributed by atoms with Gasteiger partial charge in [0.05, 0.1) is 6.61 Å². The van der Waals surface area contributed by atoms with E-state index in [0.29, 0.717) is 11.9 Å². The molecule has 0 aliphatic carbocycles. The second kappa shape index (κ2) is 8.06. The molecule has 0 atom stereocenters. The molecule has 2 aromatic rings. The number of carbonyl (C=O) groups is 2. The van der Waals surface area contributed by atoms with Crippen LogP contribution >= 0.6 is 31.9 Å². The Bertz CT molecular complexity index is 609. The van der Waals surface area contributed by atoms with E-state index in [1.165, 1.54) is 0 Å². The lowest BCUT2D eigenvalue weighted by molar-refractivity contribution is -0.139. The van der Waals surface area contributed by atoms with E-state index in [4.69, 9.17) is 5.11 Å². The van der Waals surface area contributed by atoms with Crippen molar-refractivity contribution in [2.75, 3.05) is 11.9 Å². The smallest absolute Gasteiger partial charge is 0.352 e. The molecule has 2 N–H and O–H groups in total. The van der Waals surface area contributed by atoms with Gasteiger partial charge in [-0.05, 0) is 25.1 Å². The van der Waals surface area contributed by atoms with Crippen LogP contribution in [-0.4, -0.2) is 34.0 Å². The summed E-state index contributed by atoms with van der Waals surface area (Å²) in [5.74, 6) is -1.15. The SMILES string of the molecule is CCOC(=O)CBr.O=C(O)c1cc2c(Br)cccc2[nH]1. The quantitative estimate of drug-likeness (QED) is 0.603. The number of halogens is 2. The van der Waals surface area contributed by atoms with Crippen molar-refractivity contribution in [3.63, 3.8) is 0 Å². The van der Waals surface area contributed by atoms with Crippen LogP contribution < -0.4 is 0 Å². The van der Waals surface area contributed by atoms with E-state index in [1.807, 2.05) is 18.2 Å². The molecule has 108 valence electrons. The van der Waals surface area contributed by atoms with Gasteiger partial charge >= 0.3 is 11.9 Å². The zero-order chi connectivity index (χ0) is 15.1. The van der Waals surface area contributed by atoms with Crippen LogP contribution in [0.25, 0.3) is 10.9 Å². The van der Waals surface area contributed by atoms with E-state index < -0.39 is 5.97 Å². The minimum absolute atomic E-state index is 0.206. The van der Waals surface area contributed by atoms with E-state index in [1.54, 1.807) is 13.0 Å². The van der Waals surface area contributed by atoms with Crippen LogP contribution in [0.3, 0.4) is 0 Å². The number of hydrogen-bond acceptors (Lipinski definition) is 3. The number of carboxylic acid groups (broad SMARTS) is 1. The number of ether oxygens (including phenoxy) is 1. The predicted molar refractivity (Wildman–Crippen MR) is 83.4 cm³/mol. The molecule has 0 saturated heterocycles. The number of aromatic nitrogens is 1. The maximum absolute atomic E-state index is 10.6. The Hall–Kier alpha value is -1.34. The van der Waals surface area contributed by atoms with Crippen molar-refractivity contribution in [1.29, 1.82) is 0 Å². The van der Waals surface area contributed by atoms with E-state index >= 15 is 0 Å². The highest BCUT2D eigenvalue weighted by atomic mass is 79.9. The highest BCUT2D eigenvalue weighted by Gasteiger charge is 2.08. The lowest BCUT2D eigenvalue weighted by Crippen LogP contribution is -2.03. The van der Waals surface area contributed by atoms with Gasteiger partial charge in [-0.1, -0.05) is 37.9 Å². The number of nitrogens with one attached hydrogen (secondary N) is 1. The van der Waals surface area contributed by atoms with Crippen LogP contribution in [0.4, 0.5) is 0 Å². The van der Waals surface area contributed by atoms with E-state index in [2.05, 4.69) is 41.6 Å². The highest BCUT2D eigenvalue weighted by Crippen LogP contribution is 2.24. The molecule has 1 aromatic carbocycles. The molecule has 0 fully saturated rings. The number of alkyl halides is 1. The first kappa shape index (κ1) is 16.7. The summed E-state index contributed by atoms with van der Waals surface area (Å²) in [6.07, 6.45) is 0. The number of esters is 1. The Kier molecular flexibility index (Phi) is 6.74. The molecule has 0 saturated carbocycles. The molecule has 0 aliphatic rings. The number of rotatable bonds is 3. The van der Waals surface area contributed by atoms with E-state index in [0.717, 1.165) is 15.4 Å². The molecule has 0 amide bonds. The number of fused-ring (bicyclic) bond motifs is 1. The first-order valence-corrected chi connectivity index (χ1v) is 7.63. The Morgan fingerprint density at radius 3 is 2.55 bits per heavy atom. The van der Waals surface area contributed by atoms with Crippen molar-refractivity contribution in [3.05, 3.63) is 34.4 Å². The minimum Gasteiger partial charge on any atom is -0.477 e. The summed E-state index contributed by atoms with van der Waals surface area (Å²) >= 11 is 6.29. The summed E-state index contributed by atoms with van der Waals surface area (Å²) in [6, 6.07) is 7.19. The maximum Gasteiger partial charge on any atom is 0.352 e. The van der Waals surface area contributed by atoms with Gasteiger partial charge in [0, 0.05) is 15.4 Å². The predicted octanol–water partition coefficient (Wildman–Crippen LogP) is 3.57. The number of aromatic carboxylic acids is 1. The van der Waals surface area contributed by atoms with Gasteiger partial charge in [0.2, 0.25) is 0 Å². The van der Waals surface area contributed by atoms with Gasteiger partial charge < -0.3 is 14.8 Å². The zero-order valence-corrected chi connectivity index (χ0v) is 13.8. The third-order valence-corrected chi connectivity index (χ3v) is 3.41. The number of carboxylic acids is 1. The second-order valence-electron chi connectivity index (χ2n) is 3.63. The Labute approximate surface area is 132 Å². The average molecular weight is 407 g/mol. The normalized spacial score (nSPS) is 9.75. The molecule has 1 aromatic heterocycles. The fourth-order valence-corrected chi connectivity index (χ4v) is 2.08. The molecule has 2 rings (SSSR count). The molecule has 0 radical (unpaired) electrons. The molecular formula is C13H13Br2NO4. The number of H-pyrrole nitrogens is 1. The van der Waals surface area contributed by atoms with Crippen molar-refractivity contribution < 1.29 is 19.4 Å². The largest absolute Gasteiger partial charge is 0.477 e. The third kappa shape index (κ3) is 4.64. The number of benzene rings is 1. The van der Waals surface area contributed by atoms with Crippen LogP contribution in [-0.2, 0) is 9.53 Å². The Morgan fingerprint density at radius 1 is 1.40 bits per heavy atom. The maximum atomic E-state index is 10.6. The van der Waals surface area contributed by atoms with E-state index in [-0.39, 0.29) is 11.7 Å². The molecule has 0 spiro atoms. The molecule has 20 heavy (non-hydrogen) atoms. The van der Waals surface area contributed by atoms with Crippen LogP contribution in [0.1, 0.15) is 17.4 Å². The Balaban J connectivity index is 0.000000246. The highest BCUT2D eigenvalue weighted by molar-refractivity contribution is 9.10. The van der Waals surface area contributed by atoms with Gasteiger partial charge in [0.25, 0.3) is 0 Å². The summed E-state index contributed by atoms with van der Waals surface area (Å²) in [7, 11) is 0. The summed E-state index contributed by atoms with van der Waals surface area (Å²) in [5, 5.41) is 9.91. The monoisotopic (exact) mass is 405 g/mol. The van der Waals surface area contributed by atoms with Crippen LogP contribution in [0.15, 0.2) is 28.7 Å². The van der Waals surface area contributed by atoms with Crippen molar-refractivity contribution in [3.8, 4) is 0 Å². The summed E-state index contributed by atoms with van der Waals surface area (Å²) in [5.41, 5.74) is 1.04. The number of hydrogen-bond donors (Lipinski definition) is 2. The van der Waals surface area contributed by atoms with Crippen LogP contribution in [0.5, 0.6) is 0 Å².